The summed E-state index contributed by atoms with van der Waals surface area (Å²) in [5, 5.41) is -2.61. The molecule has 0 fully saturated rings. The Bertz CT molecular complexity index is 205. The van der Waals surface area contributed by atoms with Crippen molar-refractivity contribution < 1.29 is 8.96 Å². The maximum atomic E-state index is 12.2. The first-order valence-corrected chi connectivity index (χ1v) is 2.73. The summed E-state index contributed by atoms with van der Waals surface area (Å²) in [4.78, 5) is 0. The van der Waals surface area contributed by atoms with Crippen molar-refractivity contribution in [1.29, 1.82) is 0 Å². The second-order valence-corrected chi connectivity index (χ2v) is 1.89. The van der Waals surface area contributed by atoms with E-state index in [0.717, 1.165) is 0 Å². The third-order valence-electron chi connectivity index (χ3n) is 1.10. The average molecular weight is 145 g/mol. The molecule has 1 aromatic rings. The van der Waals surface area contributed by atoms with Gasteiger partial charge >= 0.3 is 0 Å². The summed E-state index contributed by atoms with van der Waals surface area (Å²) in [5.41, 5.74) is -0.220. The molecule has 10 heavy (non-hydrogen) atoms. The van der Waals surface area contributed by atoms with E-state index in [2.05, 4.69) is 5.84 Å². The van der Waals surface area contributed by atoms with Crippen molar-refractivity contribution in [2.24, 2.45) is 5.84 Å². The summed E-state index contributed by atoms with van der Waals surface area (Å²) in [6, 6.07) is 7.20. The first-order chi connectivity index (χ1) is 4.61. The van der Waals surface area contributed by atoms with E-state index >= 15 is 0 Å². The monoisotopic (exact) mass is 145 g/mol. The van der Waals surface area contributed by atoms with Gasteiger partial charge in [0, 0.05) is 12.1 Å². The van der Waals surface area contributed by atoms with Gasteiger partial charge in [-0.05, 0) is 0 Å². The lowest BCUT2D eigenvalue weighted by Gasteiger charge is -2.03. The highest BCUT2D eigenvalue weighted by molar-refractivity contribution is 5.36. The van der Waals surface area contributed by atoms with E-state index in [1.54, 1.807) is 6.07 Å². The number of nitrogens with zero attached hydrogens (tertiary/aromatic N) is 1. The van der Waals surface area contributed by atoms with Gasteiger partial charge in [0.1, 0.15) is 0 Å². The van der Waals surface area contributed by atoms with Crippen molar-refractivity contribution in [2.45, 2.75) is 0 Å². The first kappa shape index (κ1) is 7.11. The van der Waals surface area contributed by atoms with Gasteiger partial charge in [-0.2, -0.15) is 0 Å². The van der Waals surface area contributed by atoms with Crippen LogP contribution in [0.25, 0.3) is 0 Å². The fraction of sp³-hybridized carbons (Fsp3) is 0. The van der Waals surface area contributed by atoms with E-state index < -0.39 is 5.04 Å². The summed E-state index contributed by atoms with van der Waals surface area (Å²) < 4.78 is 24.3. The molecule has 0 saturated heterocycles. The molecule has 0 unspecified atom stereocenters. The lowest BCUT2D eigenvalue weighted by molar-refractivity contribution is -0.142. The number of halogens is 2. The lowest BCUT2D eigenvalue weighted by Crippen LogP contribution is -2.38. The van der Waals surface area contributed by atoms with Gasteiger partial charge in [0.2, 0.25) is 5.69 Å². The van der Waals surface area contributed by atoms with Crippen LogP contribution < -0.4 is 10.9 Å². The molecule has 0 aliphatic rings. The number of hydrogen-bond acceptors (Lipinski definition) is 1. The van der Waals surface area contributed by atoms with E-state index in [4.69, 9.17) is 0 Å². The fourth-order valence-corrected chi connectivity index (χ4v) is 0.627. The Balaban J connectivity index is 2.97. The quantitative estimate of drug-likeness (QED) is 0.363. The molecule has 1 aromatic carbocycles. The molecule has 0 heterocycles. The predicted octanol–water partition coefficient (Wildman–Crippen LogP) is 1.64. The van der Waals surface area contributed by atoms with Crippen LogP contribution in [0.1, 0.15) is 0 Å². The maximum Gasteiger partial charge on any atom is 0.235 e. The molecular weight excluding hydrogens is 138 g/mol. The maximum absolute atomic E-state index is 12.2. The summed E-state index contributed by atoms with van der Waals surface area (Å²) in [5.74, 6) is 4.46. The summed E-state index contributed by atoms with van der Waals surface area (Å²) in [6.45, 7) is 0. The van der Waals surface area contributed by atoms with Crippen LogP contribution in [0.15, 0.2) is 30.3 Å². The third kappa shape index (κ3) is 1.49. The standard InChI is InChI=1S/C6H7F2N2/c7-10(8,9)6-4-2-1-3-5-6/h1-5H,9H2/q+1. The molecule has 1 rings (SSSR count). The summed E-state index contributed by atoms with van der Waals surface area (Å²) >= 11 is 0. The Hall–Kier alpha value is -1.00. The SMILES string of the molecule is N[N+](F)(F)c1ccccc1. The number of rotatable bonds is 1. The minimum atomic E-state index is -2.61. The molecule has 0 spiro atoms. The van der Waals surface area contributed by atoms with Crippen molar-refractivity contribution in [2.75, 3.05) is 0 Å². The molecule has 4 heteroatoms. The van der Waals surface area contributed by atoms with E-state index in [1.165, 1.54) is 24.3 Å². The molecule has 2 nitrogen and oxygen atoms in total. The normalized spacial score (nSPS) is 11.5. The summed E-state index contributed by atoms with van der Waals surface area (Å²) in [6.07, 6.45) is 0. The smallest absolute Gasteiger partial charge is 0.0964 e. The number of quaternary nitrogens is 1. The van der Waals surface area contributed by atoms with Gasteiger partial charge in [-0.25, -0.2) is 0 Å². The van der Waals surface area contributed by atoms with Crippen LogP contribution in [0.4, 0.5) is 14.6 Å². The number of benzene rings is 1. The van der Waals surface area contributed by atoms with Gasteiger partial charge in [0.25, 0.3) is 0 Å². The molecule has 0 saturated carbocycles. The Morgan fingerprint density at radius 3 is 1.90 bits per heavy atom. The molecule has 0 amide bonds. The zero-order valence-corrected chi connectivity index (χ0v) is 5.17. The second kappa shape index (κ2) is 2.32. The Labute approximate surface area is 56.9 Å². The molecule has 54 valence electrons. The van der Waals surface area contributed by atoms with Crippen LogP contribution in [-0.2, 0) is 0 Å². The van der Waals surface area contributed by atoms with Gasteiger partial charge < -0.3 is 0 Å². The first-order valence-electron chi connectivity index (χ1n) is 2.73. The highest BCUT2D eigenvalue weighted by atomic mass is 19.4. The Kier molecular flexibility index (Phi) is 1.65. The third-order valence-corrected chi connectivity index (χ3v) is 1.10. The van der Waals surface area contributed by atoms with Crippen molar-refractivity contribution in [3.63, 3.8) is 0 Å². The van der Waals surface area contributed by atoms with E-state index in [0.29, 0.717) is 0 Å². The van der Waals surface area contributed by atoms with Gasteiger partial charge in [-0.3, -0.25) is 0 Å². The second-order valence-electron chi connectivity index (χ2n) is 1.89. The molecule has 0 aliphatic carbocycles. The van der Waals surface area contributed by atoms with Crippen LogP contribution in [0.2, 0.25) is 0 Å². The van der Waals surface area contributed by atoms with Crippen LogP contribution in [0, 0.1) is 0 Å². The Morgan fingerprint density at radius 1 is 1.10 bits per heavy atom. The van der Waals surface area contributed by atoms with Gasteiger partial charge in [0.05, 0.1) is 8.96 Å². The van der Waals surface area contributed by atoms with Crippen molar-refractivity contribution in [3.05, 3.63) is 30.3 Å². The summed E-state index contributed by atoms with van der Waals surface area (Å²) in [7, 11) is 0. The molecule has 0 bridgehead atoms. The molecule has 0 atom stereocenters. The lowest BCUT2D eigenvalue weighted by atomic mass is 10.3. The van der Waals surface area contributed by atoms with Gasteiger partial charge in [-0.15, -0.1) is 0 Å². The number of hydrogen-bond donors (Lipinski definition) is 1. The number of nitrogens with two attached hydrogens (primary N) is 1. The van der Waals surface area contributed by atoms with E-state index in [1.807, 2.05) is 0 Å². The van der Waals surface area contributed by atoms with E-state index in [9.17, 15) is 8.96 Å². The molecule has 2 N–H and O–H groups in total. The molecule has 0 aliphatic heterocycles. The van der Waals surface area contributed by atoms with Crippen LogP contribution in [0.5, 0.6) is 0 Å². The zero-order chi connectivity index (χ0) is 7.61. The molecule has 0 radical (unpaired) electrons. The average Bonchev–Trinajstić information content (AvgIpc) is 1.88. The fourth-order valence-electron chi connectivity index (χ4n) is 0.627. The van der Waals surface area contributed by atoms with Crippen molar-refractivity contribution in [1.82, 2.24) is 5.04 Å². The minimum absolute atomic E-state index is 0.220. The molecular formula is C6H7F2N2+. The van der Waals surface area contributed by atoms with E-state index in [-0.39, 0.29) is 5.69 Å². The van der Waals surface area contributed by atoms with Crippen molar-refractivity contribution >= 4 is 5.69 Å². The van der Waals surface area contributed by atoms with Crippen LogP contribution in [-0.4, -0.2) is 0 Å². The minimum Gasteiger partial charge on any atom is -0.0964 e. The van der Waals surface area contributed by atoms with Gasteiger partial charge in [0.15, 0.2) is 5.04 Å². The van der Waals surface area contributed by atoms with Crippen LogP contribution in [0.3, 0.4) is 0 Å². The van der Waals surface area contributed by atoms with Gasteiger partial charge in [-0.1, -0.05) is 24.0 Å². The highest BCUT2D eigenvalue weighted by Gasteiger charge is 2.27. The van der Waals surface area contributed by atoms with Crippen LogP contribution >= 0.6 is 0 Å². The topological polar surface area (TPSA) is 26.0 Å². The molecule has 0 aromatic heterocycles. The van der Waals surface area contributed by atoms with Crippen molar-refractivity contribution in [3.8, 4) is 0 Å². The highest BCUT2D eigenvalue weighted by Crippen LogP contribution is 2.18. The predicted molar refractivity (Wildman–Crippen MR) is 34.6 cm³/mol. The zero-order valence-electron chi connectivity index (χ0n) is 5.17. The Morgan fingerprint density at radius 2 is 1.60 bits per heavy atom. The largest absolute Gasteiger partial charge is 0.235 e.